The summed E-state index contributed by atoms with van der Waals surface area (Å²) in [5.74, 6) is 0.196. The Labute approximate surface area is 179 Å². The zero-order chi connectivity index (χ0) is 21.3. The number of piperazine rings is 1. The number of aryl methyl sites for hydroxylation is 1. The normalized spacial score (nSPS) is 19.1. The molecule has 0 aromatic heterocycles. The van der Waals surface area contributed by atoms with E-state index < -0.39 is 10.0 Å². The second-order valence-electron chi connectivity index (χ2n) is 8.14. The molecule has 2 aliphatic rings. The molecule has 7 heteroatoms. The van der Waals surface area contributed by atoms with Gasteiger partial charge in [0.15, 0.2) is 0 Å². The molecule has 2 aliphatic heterocycles. The molecular formula is C23H29N3O3S. The van der Waals surface area contributed by atoms with Crippen molar-refractivity contribution >= 4 is 27.3 Å². The van der Waals surface area contributed by atoms with Crippen molar-refractivity contribution in [2.24, 2.45) is 0 Å². The molecule has 2 heterocycles. The van der Waals surface area contributed by atoms with Crippen LogP contribution in [-0.2, 0) is 10.0 Å². The SMILES string of the molecule is Cc1cccc(N2CCN(C(=O)c3ccc(N4CCCCS4(=O)=O)cc3)CC2)c1C. The highest BCUT2D eigenvalue weighted by Crippen LogP contribution is 2.26. The predicted octanol–water partition coefficient (Wildman–Crippen LogP) is 3.20. The van der Waals surface area contributed by atoms with Gasteiger partial charge in [0, 0.05) is 44.0 Å². The minimum Gasteiger partial charge on any atom is -0.368 e. The summed E-state index contributed by atoms with van der Waals surface area (Å²) in [4.78, 5) is 17.2. The number of amides is 1. The quantitative estimate of drug-likeness (QED) is 0.755. The van der Waals surface area contributed by atoms with Crippen molar-refractivity contribution in [2.75, 3.05) is 47.7 Å². The van der Waals surface area contributed by atoms with Crippen LogP contribution in [0.25, 0.3) is 0 Å². The van der Waals surface area contributed by atoms with E-state index >= 15 is 0 Å². The Hall–Kier alpha value is -2.54. The summed E-state index contributed by atoms with van der Waals surface area (Å²) < 4.78 is 26.0. The van der Waals surface area contributed by atoms with Crippen molar-refractivity contribution in [3.8, 4) is 0 Å². The van der Waals surface area contributed by atoms with E-state index in [1.807, 2.05) is 4.90 Å². The fourth-order valence-corrected chi connectivity index (χ4v) is 5.90. The minimum atomic E-state index is -3.24. The lowest BCUT2D eigenvalue weighted by atomic mass is 10.1. The van der Waals surface area contributed by atoms with Gasteiger partial charge in [-0.3, -0.25) is 9.10 Å². The Bertz CT molecular complexity index is 1030. The molecule has 2 aromatic rings. The number of anilines is 2. The van der Waals surface area contributed by atoms with Crippen molar-refractivity contribution in [2.45, 2.75) is 26.7 Å². The molecule has 0 spiro atoms. The first-order valence-electron chi connectivity index (χ1n) is 10.6. The summed E-state index contributed by atoms with van der Waals surface area (Å²) in [5.41, 5.74) is 5.07. The molecule has 160 valence electrons. The third-order valence-corrected chi connectivity index (χ3v) is 8.10. The number of sulfonamides is 1. The van der Waals surface area contributed by atoms with Crippen LogP contribution in [0.15, 0.2) is 42.5 Å². The van der Waals surface area contributed by atoms with Gasteiger partial charge in [0.2, 0.25) is 10.0 Å². The Morgan fingerprint density at radius 3 is 2.23 bits per heavy atom. The first-order valence-corrected chi connectivity index (χ1v) is 12.2. The average molecular weight is 428 g/mol. The third-order valence-electron chi connectivity index (χ3n) is 6.24. The molecule has 0 saturated carbocycles. The molecule has 0 N–H and O–H groups in total. The number of benzene rings is 2. The van der Waals surface area contributed by atoms with Crippen LogP contribution in [0.1, 0.15) is 34.3 Å². The number of nitrogens with zero attached hydrogens (tertiary/aromatic N) is 3. The molecule has 0 atom stereocenters. The van der Waals surface area contributed by atoms with Crippen LogP contribution < -0.4 is 9.21 Å². The summed E-state index contributed by atoms with van der Waals surface area (Å²) in [6.07, 6.45) is 1.58. The Morgan fingerprint density at radius 2 is 1.57 bits per heavy atom. The molecule has 0 bridgehead atoms. The molecule has 0 unspecified atom stereocenters. The van der Waals surface area contributed by atoms with E-state index in [9.17, 15) is 13.2 Å². The molecular weight excluding hydrogens is 398 g/mol. The van der Waals surface area contributed by atoms with Crippen LogP contribution >= 0.6 is 0 Å². The lowest BCUT2D eigenvalue weighted by Gasteiger charge is -2.37. The van der Waals surface area contributed by atoms with E-state index in [1.165, 1.54) is 21.1 Å². The predicted molar refractivity (Wildman–Crippen MR) is 121 cm³/mol. The first-order chi connectivity index (χ1) is 14.4. The van der Waals surface area contributed by atoms with E-state index in [2.05, 4.69) is 36.9 Å². The van der Waals surface area contributed by atoms with Gasteiger partial charge in [0.25, 0.3) is 5.91 Å². The smallest absolute Gasteiger partial charge is 0.253 e. The van der Waals surface area contributed by atoms with Gasteiger partial charge in [-0.1, -0.05) is 12.1 Å². The van der Waals surface area contributed by atoms with Gasteiger partial charge >= 0.3 is 0 Å². The summed E-state index contributed by atoms with van der Waals surface area (Å²) in [6.45, 7) is 7.74. The monoisotopic (exact) mass is 427 g/mol. The van der Waals surface area contributed by atoms with Crippen LogP contribution in [0.4, 0.5) is 11.4 Å². The van der Waals surface area contributed by atoms with Gasteiger partial charge in [-0.25, -0.2) is 8.42 Å². The van der Waals surface area contributed by atoms with Gasteiger partial charge in [-0.05, 0) is 68.1 Å². The van der Waals surface area contributed by atoms with Crippen molar-refractivity contribution in [3.05, 3.63) is 59.2 Å². The lowest BCUT2D eigenvalue weighted by Crippen LogP contribution is -2.49. The summed E-state index contributed by atoms with van der Waals surface area (Å²) in [6, 6.07) is 13.4. The van der Waals surface area contributed by atoms with Crippen LogP contribution in [0, 0.1) is 13.8 Å². The number of carbonyl (C=O) groups excluding carboxylic acids is 1. The lowest BCUT2D eigenvalue weighted by molar-refractivity contribution is 0.0747. The zero-order valence-corrected chi connectivity index (χ0v) is 18.5. The molecule has 1 amide bonds. The molecule has 0 radical (unpaired) electrons. The molecule has 2 fully saturated rings. The highest BCUT2D eigenvalue weighted by atomic mass is 32.2. The molecule has 0 aliphatic carbocycles. The largest absolute Gasteiger partial charge is 0.368 e. The van der Waals surface area contributed by atoms with Gasteiger partial charge < -0.3 is 9.80 Å². The van der Waals surface area contributed by atoms with Crippen LogP contribution in [0.2, 0.25) is 0 Å². The van der Waals surface area contributed by atoms with Crippen molar-refractivity contribution in [1.82, 2.24) is 4.90 Å². The summed E-state index contributed by atoms with van der Waals surface area (Å²) in [7, 11) is -3.24. The van der Waals surface area contributed by atoms with Gasteiger partial charge in [0.1, 0.15) is 0 Å². The number of hydrogen-bond acceptors (Lipinski definition) is 4. The second-order valence-corrected chi connectivity index (χ2v) is 10.2. The van der Waals surface area contributed by atoms with E-state index in [1.54, 1.807) is 24.3 Å². The topological polar surface area (TPSA) is 60.9 Å². The minimum absolute atomic E-state index is 0.00339. The van der Waals surface area contributed by atoms with Crippen LogP contribution in [0.3, 0.4) is 0 Å². The zero-order valence-electron chi connectivity index (χ0n) is 17.7. The van der Waals surface area contributed by atoms with E-state index in [4.69, 9.17) is 0 Å². The number of hydrogen-bond donors (Lipinski definition) is 0. The average Bonchev–Trinajstić information content (AvgIpc) is 2.75. The summed E-state index contributed by atoms with van der Waals surface area (Å²) in [5, 5.41) is 0. The highest BCUT2D eigenvalue weighted by Gasteiger charge is 2.27. The van der Waals surface area contributed by atoms with Crippen LogP contribution in [0.5, 0.6) is 0 Å². The fourth-order valence-electron chi connectivity index (χ4n) is 4.26. The maximum atomic E-state index is 13.0. The Balaban J connectivity index is 1.41. The number of rotatable bonds is 3. The standard InChI is InChI=1S/C23H29N3O3S/c1-18-6-5-7-22(19(18)2)24-13-15-25(16-14-24)23(27)20-8-10-21(11-9-20)26-12-3-4-17-30(26,28)29/h5-11H,3-4,12-17H2,1-2H3. The molecule has 30 heavy (non-hydrogen) atoms. The second kappa shape index (κ2) is 8.30. The van der Waals surface area contributed by atoms with Crippen LogP contribution in [-0.4, -0.2) is 57.7 Å². The van der Waals surface area contributed by atoms with E-state index in [0.29, 0.717) is 37.3 Å². The van der Waals surface area contributed by atoms with E-state index in [0.717, 1.165) is 19.5 Å². The summed E-state index contributed by atoms with van der Waals surface area (Å²) >= 11 is 0. The Kier molecular flexibility index (Phi) is 5.73. The Morgan fingerprint density at radius 1 is 0.867 bits per heavy atom. The van der Waals surface area contributed by atoms with Crippen molar-refractivity contribution < 1.29 is 13.2 Å². The number of carbonyl (C=O) groups is 1. The third kappa shape index (κ3) is 4.03. The van der Waals surface area contributed by atoms with Gasteiger partial charge in [-0.2, -0.15) is 0 Å². The van der Waals surface area contributed by atoms with Crippen molar-refractivity contribution in [1.29, 1.82) is 0 Å². The first kappa shape index (κ1) is 20.7. The molecule has 2 aromatic carbocycles. The van der Waals surface area contributed by atoms with E-state index in [-0.39, 0.29) is 11.7 Å². The van der Waals surface area contributed by atoms with Crippen molar-refractivity contribution in [3.63, 3.8) is 0 Å². The molecule has 6 nitrogen and oxygen atoms in total. The van der Waals surface area contributed by atoms with Gasteiger partial charge in [-0.15, -0.1) is 0 Å². The molecule has 2 saturated heterocycles. The van der Waals surface area contributed by atoms with Gasteiger partial charge in [0.05, 0.1) is 11.4 Å². The highest BCUT2D eigenvalue weighted by molar-refractivity contribution is 7.92. The maximum Gasteiger partial charge on any atom is 0.253 e. The maximum absolute atomic E-state index is 13.0. The fraction of sp³-hybridized carbons (Fsp3) is 0.435. The molecule has 4 rings (SSSR count).